The summed E-state index contributed by atoms with van der Waals surface area (Å²) in [5.74, 6) is -1.82. The van der Waals surface area contributed by atoms with Crippen LogP contribution in [-0.4, -0.2) is 35.6 Å². The molecule has 0 saturated carbocycles. The van der Waals surface area contributed by atoms with Gasteiger partial charge in [0, 0.05) is 17.6 Å². The van der Waals surface area contributed by atoms with E-state index in [4.69, 9.17) is 11.6 Å². The summed E-state index contributed by atoms with van der Waals surface area (Å²) in [7, 11) is -4.11. The summed E-state index contributed by atoms with van der Waals surface area (Å²) in [5.41, 5.74) is 0.402. The zero-order chi connectivity index (χ0) is 17.2. The highest BCUT2D eigenvalue weighted by molar-refractivity contribution is 7.89. The van der Waals surface area contributed by atoms with Crippen LogP contribution in [0.5, 0.6) is 0 Å². The van der Waals surface area contributed by atoms with Crippen molar-refractivity contribution in [2.45, 2.75) is 17.7 Å². The second-order valence-electron chi connectivity index (χ2n) is 4.92. The van der Waals surface area contributed by atoms with E-state index in [-0.39, 0.29) is 0 Å². The van der Waals surface area contributed by atoms with Gasteiger partial charge in [-0.25, -0.2) is 13.2 Å². The fraction of sp³-hybridized carbons (Fsp3) is 0.200. The minimum absolute atomic E-state index is 0.402. The number of benzene rings is 1. The first-order valence-electron chi connectivity index (χ1n) is 6.61. The van der Waals surface area contributed by atoms with Crippen LogP contribution >= 0.6 is 11.6 Å². The molecule has 122 valence electrons. The topological polar surface area (TPSA) is 91.8 Å². The summed E-state index contributed by atoms with van der Waals surface area (Å²) < 4.78 is 26.3. The smallest absolute Gasteiger partial charge is 0.327 e. The van der Waals surface area contributed by atoms with Crippen molar-refractivity contribution < 1.29 is 23.1 Å². The van der Waals surface area contributed by atoms with E-state index in [2.05, 4.69) is 6.58 Å². The Morgan fingerprint density at radius 3 is 2.52 bits per heavy atom. The molecule has 8 heteroatoms. The molecule has 1 aliphatic rings. The zero-order valence-electron chi connectivity index (χ0n) is 11.9. The molecular weight excluding hydrogens is 342 g/mol. The lowest BCUT2D eigenvalue weighted by atomic mass is 10.1. The molecule has 2 atom stereocenters. The van der Waals surface area contributed by atoms with Crippen LogP contribution in [0, 0.1) is 0 Å². The first-order chi connectivity index (χ1) is 10.8. The van der Waals surface area contributed by atoms with E-state index in [1.165, 1.54) is 30.3 Å². The van der Waals surface area contributed by atoms with E-state index < -0.39 is 39.5 Å². The summed E-state index contributed by atoms with van der Waals surface area (Å²) in [5, 5.41) is 8.51. The van der Waals surface area contributed by atoms with Crippen LogP contribution in [0.4, 0.5) is 0 Å². The highest BCUT2D eigenvalue weighted by Gasteiger charge is 2.40. The number of hydrogen-bond acceptors (Lipinski definition) is 4. The molecular formula is C15H14ClNO5S. The van der Waals surface area contributed by atoms with E-state index >= 15 is 0 Å². The number of carboxylic acids is 1. The summed E-state index contributed by atoms with van der Waals surface area (Å²) >= 11 is 5.79. The van der Waals surface area contributed by atoms with Crippen molar-refractivity contribution in [1.82, 2.24) is 4.31 Å². The maximum Gasteiger partial charge on any atom is 0.327 e. The molecule has 0 amide bonds. The lowest BCUT2D eigenvalue weighted by Gasteiger charge is -2.31. The molecule has 1 N–H and O–H groups in total. The van der Waals surface area contributed by atoms with Crippen molar-refractivity contribution in [3.8, 4) is 0 Å². The first-order valence-corrected chi connectivity index (χ1v) is 8.49. The molecule has 0 spiro atoms. The van der Waals surface area contributed by atoms with Gasteiger partial charge in [0.15, 0.2) is 5.78 Å². The number of ketones is 1. The van der Waals surface area contributed by atoms with Gasteiger partial charge >= 0.3 is 5.97 Å². The van der Waals surface area contributed by atoms with Gasteiger partial charge in [-0.2, -0.15) is 0 Å². The van der Waals surface area contributed by atoms with Gasteiger partial charge < -0.3 is 5.11 Å². The standard InChI is InChI=1S/C15H14ClNO5S/c1-2-14(10-3-5-11(16)6-4-10)23(21,22)17-8-7-12(18)9-13(17)15(19)20/h2-8,13-14H,1,9H2,(H,19,20). The number of halogens is 1. The lowest BCUT2D eigenvalue weighted by Crippen LogP contribution is -2.46. The number of rotatable bonds is 5. The molecule has 0 bridgehead atoms. The van der Waals surface area contributed by atoms with Gasteiger partial charge in [-0.15, -0.1) is 6.58 Å². The third-order valence-electron chi connectivity index (χ3n) is 3.42. The largest absolute Gasteiger partial charge is 0.480 e. The van der Waals surface area contributed by atoms with Gasteiger partial charge in [-0.3, -0.25) is 9.10 Å². The van der Waals surface area contributed by atoms with E-state index in [1.54, 1.807) is 0 Å². The summed E-state index contributed by atoms with van der Waals surface area (Å²) in [6.07, 6.45) is 2.85. The first kappa shape index (κ1) is 17.2. The monoisotopic (exact) mass is 355 g/mol. The highest BCUT2D eigenvalue weighted by Crippen LogP contribution is 2.31. The van der Waals surface area contributed by atoms with E-state index in [1.807, 2.05) is 0 Å². The molecule has 6 nitrogen and oxygen atoms in total. The zero-order valence-corrected chi connectivity index (χ0v) is 13.5. The molecule has 1 aromatic rings. The Bertz CT molecular complexity index is 770. The summed E-state index contributed by atoms with van der Waals surface area (Å²) in [6.45, 7) is 3.53. The van der Waals surface area contributed by atoms with Crippen molar-refractivity contribution in [2.75, 3.05) is 0 Å². The maximum absolute atomic E-state index is 12.8. The van der Waals surface area contributed by atoms with Crippen molar-refractivity contribution in [3.63, 3.8) is 0 Å². The van der Waals surface area contributed by atoms with Gasteiger partial charge in [-0.05, 0) is 23.8 Å². The minimum Gasteiger partial charge on any atom is -0.480 e. The van der Waals surface area contributed by atoms with Crippen LogP contribution in [0.2, 0.25) is 5.02 Å². The fourth-order valence-electron chi connectivity index (χ4n) is 2.28. The molecule has 1 heterocycles. The number of carboxylic acid groups (broad SMARTS) is 1. The molecule has 23 heavy (non-hydrogen) atoms. The number of carbonyl (C=O) groups excluding carboxylic acids is 1. The number of sulfonamides is 1. The Labute approximate surface area is 138 Å². The predicted octanol–water partition coefficient (Wildman–Crippen LogP) is 2.14. The molecule has 0 aromatic heterocycles. The van der Waals surface area contributed by atoms with Gasteiger partial charge in [0.05, 0.1) is 0 Å². The van der Waals surface area contributed by atoms with E-state index in [0.717, 1.165) is 12.3 Å². The van der Waals surface area contributed by atoms with E-state index in [9.17, 15) is 23.1 Å². The van der Waals surface area contributed by atoms with Crippen LogP contribution < -0.4 is 0 Å². The third-order valence-corrected chi connectivity index (χ3v) is 5.74. The van der Waals surface area contributed by atoms with Crippen LogP contribution in [0.3, 0.4) is 0 Å². The Kier molecular flexibility index (Phi) is 4.91. The Morgan fingerprint density at radius 1 is 1.39 bits per heavy atom. The van der Waals surface area contributed by atoms with Crippen LogP contribution in [0.15, 0.2) is 49.2 Å². The number of carbonyl (C=O) groups is 2. The minimum atomic E-state index is -4.11. The van der Waals surface area contributed by atoms with Gasteiger partial charge in [0.2, 0.25) is 10.0 Å². The van der Waals surface area contributed by atoms with Crippen LogP contribution in [0.1, 0.15) is 17.2 Å². The van der Waals surface area contributed by atoms with Crippen molar-refractivity contribution in [3.05, 3.63) is 59.8 Å². The molecule has 0 radical (unpaired) electrons. The van der Waals surface area contributed by atoms with Crippen molar-refractivity contribution >= 4 is 33.4 Å². The van der Waals surface area contributed by atoms with Crippen molar-refractivity contribution in [2.24, 2.45) is 0 Å². The molecule has 2 rings (SSSR count). The maximum atomic E-state index is 12.8. The fourth-order valence-corrected chi connectivity index (χ4v) is 4.16. The van der Waals surface area contributed by atoms with Gasteiger partial charge in [0.1, 0.15) is 11.3 Å². The second-order valence-corrected chi connectivity index (χ2v) is 7.32. The predicted molar refractivity (Wildman–Crippen MR) is 85.3 cm³/mol. The van der Waals surface area contributed by atoms with E-state index in [0.29, 0.717) is 14.9 Å². The number of hydrogen-bond donors (Lipinski definition) is 1. The van der Waals surface area contributed by atoms with Gasteiger partial charge in [-0.1, -0.05) is 29.8 Å². The molecule has 1 aromatic carbocycles. The summed E-state index contributed by atoms with van der Waals surface area (Å²) in [4.78, 5) is 22.7. The average Bonchev–Trinajstić information content (AvgIpc) is 2.49. The number of allylic oxidation sites excluding steroid dienone is 1. The van der Waals surface area contributed by atoms with Crippen molar-refractivity contribution in [1.29, 1.82) is 0 Å². The highest BCUT2D eigenvalue weighted by atomic mass is 35.5. The second kappa shape index (κ2) is 6.55. The van der Waals surface area contributed by atoms with Gasteiger partial charge in [0.25, 0.3) is 0 Å². The molecule has 0 saturated heterocycles. The molecule has 0 fully saturated rings. The van der Waals surface area contributed by atoms with Crippen LogP contribution in [0.25, 0.3) is 0 Å². The lowest BCUT2D eigenvalue weighted by molar-refractivity contribution is -0.142. The molecule has 2 unspecified atom stereocenters. The Hall–Kier alpha value is -2.12. The Balaban J connectivity index is 2.47. The molecule has 0 aliphatic carbocycles. The van der Waals surface area contributed by atoms with Crippen LogP contribution in [-0.2, 0) is 19.6 Å². The SMILES string of the molecule is C=CC(c1ccc(Cl)cc1)S(=O)(=O)N1C=CC(=O)CC1C(=O)O. The number of nitrogens with zero attached hydrogens (tertiary/aromatic N) is 1. The third kappa shape index (κ3) is 3.46. The molecule has 1 aliphatic heterocycles. The number of aliphatic carboxylic acids is 1. The Morgan fingerprint density at radius 2 is 2.00 bits per heavy atom. The summed E-state index contributed by atoms with van der Waals surface area (Å²) in [6, 6.07) is 4.66. The average molecular weight is 356 g/mol. The normalized spacial score (nSPS) is 19.4. The quantitative estimate of drug-likeness (QED) is 0.817.